The lowest BCUT2D eigenvalue weighted by molar-refractivity contribution is 0.0664. The number of aromatic nitrogens is 1. The first-order chi connectivity index (χ1) is 16.2. The molecule has 180 valence electrons. The Bertz CT molecular complexity index is 1130. The van der Waals surface area contributed by atoms with Gasteiger partial charge in [-0.3, -0.25) is 9.78 Å². The fourth-order valence-corrected chi connectivity index (χ4v) is 4.60. The maximum atomic E-state index is 14.2. The van der Waals surface area contributed by atoms with E-state index in [0.29, 0.717) is 74.3 Å². The van der Waals surface area contributed by atoms with E-state index in [1.54, 1.807) is 22.1 Å². The molecule has 2 aromatic rings. The molecular weight excluding hydrogens is 435 g/mol. The number of benzene rings is 1. The predicted octanol–water partition coefficient (Wildman–Crippen LogP) is 3.38. The van der Waals surface area contributed by atoms with Crippen molar-refractivity contribution in [1.82, 2.24) is 20.1 Å². The molecule has 1 N–H and O–H groups in total. The van der Waals surface area contributed by atoms with E-state index >= 15 is 0 Å². The molecule has 2 aliphatic heterocycles. The molecule has 2 fully saturated rings. The summed E-state index contributed by atoms with van der Waals surface area (Å²) in [6.07, 6.45) is 2.91. The molecular formula is C25H31FN6O2. The van der Waals surface area contributed by atoms with Gasteiger partial charge in [-0.2, -0.15) is 5.26 Å². The van der Waals surface area contributed by atoms with E-state index in [2.05, 4.69) is 21.3 Å². The lowest BCUT2D eigenvalue weighted by Gasteiger charge is -2.39. The van der Waals surface area contributed by atoms with Crippen LogP contribution in [0.4, 0.5) is 14.9 Å². The van der Waals surface area contributed by atoms with E-state index < -0.39 is 5.41 Å². The Balaban J connectivity index is 1.61. The molecule has 0 aliphatic carbocycles. The molecule has 0 atom stereocenters. The number of fused-ring (bicyclic) bond motifs is 1. The van der Waals surface area contributed by atoms with E-state index in [-0.39, 0.29) is 23.8 Å². The number of hydrogen-bond donors (Lipinski definition) is 1. The number of anilines is 1. The molecule has 2 saturated heterocycles. The smallest absolute Gasteiger partial charge is 0.317 e. The minimum absolute atomic E-state index is 0.0474. The van der Waals surface area contributed by atoms with Gasteiger partial charge in [0.15, 0.2) is 0 Å². The molecule has 0 saturated carbocycles. The number of nitrogens with zero attached hydrogens (tertiary/aromatic N) is 5. The molecule has 3 amide bonds. The van der Waals surface area contributed by atoms with Gasteiger partial charge in [0.1, 0.15) is 5.82 Å². The molecule has 0 bridgehead atoms. The van der Waals surface area contributed by atoms with Gasteiger partial charge in [-0.15, -0.1) is 0 Å². The summed E-state index contributed by atoms with van der Waals surface area (Å²) in [5.41, 5.74) is 1.33. The number of piperidine rings is 1. The van der Waals surface area contributed by atoms with Crippen LogP contribution >= 0.6 is 0 Å². The molecule has 2 aliphatic rings. The number of nitriles is 1. The number of carbonyl (C=O) groups excluding carboxylic acids is 2. The van der Waals surface area contributed by atoms with E-state index in [1.807, 2.05) is 20.8 Å². The zero-order valence-electron chi connectivity index (χ0n) is 20.0. The number of amides is 3. The van der Waals surface area contributed by atoms with Crippen LogP contribution in [0.25, 0.3) is 10.9 Å². The zero-order chi connectivity index (χ0) is 24.5. The van der Waals surface area contributed by atoms with Crippen molar-refractivity contribution in [1.29, 1.82) is 5.26 Å². The molecule has 1 aromatic carbocycles. The fourth-order valence-electron chi connectivity index (χ4n) is 4.60. The second-order valence-electron chi connectivity index (χ2n) is 9.72. The Kier molecular flexibility index (Phi) is 6.60. The summed E-state index contributed by atoms with van der Waals surface area (Å²) in [7, 11) is 0. The van der Waals surface area contributed by atoms with Gasteiger partial charge in [0, 0.05) is 56.9 Å². The van der Waals surface area contributed by atoms with Crippen molar-refractivity contribution < 1.29 is 14.0 Å². The van der Waals surface area contributed by atoms with Crippen molar-refractivity contribution in [2.45, 2.75) is 39.7 Å². The van der Waals surface area contributed by atoms with Crippen LogP contribution in [0.2, 0.25) is 0 Å². The number of piperazine rings is 1. The predicted molar refractivity (Wildman–Crippen MR) is 128 cm³/mol. The number of halogens is 1. The third-order valence-electron chi connectivity index (χ3n) is 6.75. The van der Waals surface area contributed by atoms with Gasteiger partial charge in [0.25, 0.3) is 5.91 Å². The SMILES string of the molecule is CC(C)NC(=O)N1CCN(C(=O)c2cnc3ccc(F)cc3c2N2CCC(C)(C#N)CC2)CC1. The first-order valence-corrected chi connectivity index (χ1v) is 11.8. The van der Waals surface area contributed by atoms with Crippen LogP contribution < -0.4 is 10.2 Å². The number of rotatable bonds is 3. The van der Waals surface area contributed by atoms with Crippen LogP contribution in [0.3, 0.4) is 0 Å². The third-order valence-corrected chi connectivity index (χ3v) is 6.75. The van der Waals surface area contributed by atoms with Crippen LogP contribution in [0.5, 0.6) is 0 Å². The lowest BCUT2D eigenvalue weighted by Crippen LogP contribution is -2.54. The highest BCUT2D eigenvalue weighted by molar-refractivity contribution is 6.07. The van der Waals surface area contributed by atoms with Crippen molar-refractivity contribution >= 4 is 28.5 Å². The summed E-state index contributed by atoms with van der Waals surface area (Å²) in [4.78, 5) is 35.9. The summed E-state index contributed by atoms with van der Waals surface area (Å²) < 4.78 is 14.2. The number of carbonyl (C=O) groups is 2. The molecule has 3 heterocycles. The summed E-state index contributed by atoms with van der Waals surface area (Å²) in [5.74, 6) is -0.560. The lowest BCUT2D eigenvalue weighted by atomic mass is 9.81. The third kappa shape index (κ3) is 4.76. The van der Waals surface area contributed by atoms with Gasteiger partial charge in [-0.05, 0) is 51.8 Å². The molecule has 0 spiro atoms. The molecule has 8 nitrogen and oxygen atoms in total. The molecule has 0 unspecified atom stereocenters. The van der Waals surface area contributed by atoms with Crippen LogP contribution in [-0.4, -0.2) is 72.0 Å². The van der Waals surface area contributed by atoms with Crippen LogP contribution in [0.15, 0.2) is 24.4 Å². The molecule has 0 radical (unpaired) electrons. The Morgan fingerprint density at radius 2 is 1.76 bits per heavy atom. The minimum atomic E-state index is -0.401. The van der Waals surface area contributed by atoms with Crippen LogP contribution in [0.1, 0.15) is 44.0 Å². The Morgan fingerprint density at radius 3 is 2.38 bits per heavy atom. The first kappa shape index (κ1) is 23.7. The summed E-state index contributed by atoms with van der Waals surface area (Å²) in [6.45, 7) is 8.69. The summed E-state index contributed by atoms with van der Waals surface area (Å²) in [5, 5.41) is 13.0. The van der Waals surface area contributed by atoms with Crippen molar-refractivity contribution in [3.05, 3.63) is 35.8 Å². The molecule has 34 heavy (non-hydrogen) atoms. The van der Waals surface area contributed by atoms with Gasteiger partial charge in [-0.25, -0.2) is 9.18 Å². The molecule has 9 heteroatoms. The number of pyridine rings is 1. The van der Waals surface area contributed by atoms with Gasteiger partial charge < -0.3 is 20.0 Å². The highest BCUT2D eigenvalue weighted by Gasteiger charge is 2.34. The average molecular weight is 467 g/mol. The molecule has 1 aromatic heterocycles. The van der Waals surface area contributed by atoms with E-state index in [0.717, 1.165) is 0 Å². The van der Waals surface area contributed by atoms with E-state index in [4.69, 9.17) is 0 Å². The quantitative estimate of drug-likeness (QED) is 0.749. The highest BCUT2D eigenvalue weighted by Crippen LogP contribution is 2.37. The largest absolute Gasteiger partial charge is 0.370 e. The van der Waals surface area contributed by atoms with Gasteiger partial charge >= 0.3 is 6.03 Å². The van der Waals surface area contributed by atoms with Crippen molar-refractivity contribution in [2.75, 3.05) is 44.2 Å². The van der Waals surface area contributed by atoms with Crippen LogP contribution in [0, 0.1) is 22.6 Å². The maximum Gasteiger partial charge on any atom is 0.317 e. The van der Waals surface area contributed by atoms with Crippen LogP contribution in [-0.2, 0) is 0 Å². The van der Waals surface area contributed by atoms with Crippen molar-refractivity contribution in [2.24, 2.45) is 5.41 Å². The highest BCUT2D eigenvalue weighted by atomic mass is 19.1. The first-order valence-electron chi connectivity index (χ1n) is 11.8. The standard InChI is InChI=1S/C25H31FN6O2/c1-17(2)29-24(34)32-12-10-31(11-13-32)23(33)20-15-28-21-5-4-18(26)14-19(21)22(20)30-8-6-25(3,16-27)7-9-30/h4-5,14-15,17H,6-13H2,1-3H3,(H,29,34). The van der Waals surface area contributed by atoms with E-state index in [1.165, 1.54) is 12.1 Å². The zero-order valence-corrected chi connectivity index (χ0v) is 20.0. The summed E-state index contributed by atoms with van der Waals surface area (Å²) >= 11 is 0. The number of nitrogens with one attached hydrogen (secondary N) is 1. The molecule has 4 rings (SSSR count). The van der Waals surface area contributed by atoms with Gasteiger partial charge in [0.05, 0.1) is 28.3 Å². The van der Waals surface area contributed by atoms with Gasteiger partial charge in [-0.1, -0.05) is 0 Å². The van der Waals surface area contributed by atoms with Crippen molar-refractivity contribution in [3.63, 3.8) is 0 Å². The monoisotopic (exact) mass is 466 g/mol. The van der Waals surface area contributed by atoms with Gasteiger partial charge in [0.2, 0.25) is 0 Å². The number of urea groups is 1. The Labute approximate surface area is 199 Å². The number of hydrogen-bond acceptors (Lipinski definition) is 5. The second kappa shape index (κ2) is 9.45. The fraction of sp³-hybridized carbons (Fsp3) is 0.520. The van der Waals surface area contributed by atoms with Crippen molar-refractivity contribution in [3.8, 4) is 6.07 Å². The normalized spacial score (nSPS) is 18.2. The minimum Gasteiger partial charge on any atom is -0.370 e. The second-order valence-corrected chi connectivity index (χ2v) is 9.72. The maximum absolute atomic E-state index is 14.2. The summed E-state index contributed by atoms with van der Waals surface area (Å²) in [6, 6.07) is 6.74. The topological polar surface area (TPSA) is 92.6 Å². The average Bonchev–Trinajstić information content (AvgIpc) is 2.83. The van der Waals surface area contributed by atoms with E-state index in [9.17, 15) is 19.2 Å². The Hall–Kier alpha value is -3.41. The Morgan fingerprint density at radius 1 is 1.12 bits per heavy atom.